The summed E-state index contributed by atoms with van der Waals surface area (Å²) in [6.07, 6.45) is 0.110. The zero-order valence-electron chi connectivity index (χ0n) is 46.2. The summed E-state index contributed by atoms with van der Waals surface area (Å²) in [7, 11) is 0. The molecule has 0 amide bonds. The highest BCUT2D eigenvalue weighted by atomic mass is 16.6. The molecule has 4 aromatic rings. The molecule has 3 aromatic carbocycles. The lowest BCUT2D eigenvalue weighted by Gasteiger charge is -2.28. The molecule has 4 rings (SSSR count). The molecule has 0 spiro atoms. The monoisotopic (exact) mass is 1000 g/mol. The van der Waals surface area contributed by atoms with Gasteiger partial charge in [-0.15, -0.1) is 0 Å². The minimum absolute atomic E-state index is 0.166. The number of hydrogen-bond acceptors (Lipinski definition) is 12. The van der Waals surface area contributed by atoms with Crippen LogP contribution in [-0.4, -0.2) is 46.9 Å². The van der Waals surface area contributed by atoms with Crippen molar-refractivity contribution in [1.29, 1.82) is 0 Å². The maximum atomic E-state index is 13.9. The standard InChI is InChI=1S/C57H81N3O12/c1-52(2,3)37-25-34(26-38(46(37)64)53(4,5)6)19-22-43(61)70-31-58-49(67)59(32-71-44(62)23-20-35-27-39(54(7,8)9)47(65)40(28-35)55(10,11)12)51(69)60(50(58)68)33-72-45(63)24-21-36-29-41(56(13,14)15)48(66)42(30-36)57(16,17)18/h25-30,64-66H,19-24,31-33H2,1-18H3. The Hall–Kier alpha value is -6.12. The number of ether oxygens (including phenoxy) is 3. The fraction of sp³-hybridized carbons (Fsp3) is 0.579. The SMILES string of the molecule is CC(C)(C)c1cc(CCC(=O)OCn2c(=O)n(COC(=O)CCc3cc(C(C)(C)C)c(O)c(C(C)(C)C)c3)c(=O)n(COC(=O)CCc3cc(C(C)(C)C)c(O)c(C(C)(C)C)c3)c2=O)cc(C(C)(C)C)c1O. The number of aromatic nitrogens is 3. The van der Waals surface area contributed by atoms with Gasteiger partial charge in [0.1, 0.15) is 17.2 Å². The first kappa shape index (κ1) is 58.5. The van der Waals surface area contributed by atoms with E-state index in [2.05, 4.69) is 0 Å². The van der Waals surface area contributed by atoms with Crippen molar-refractivity contribution >= 4 is 17.9 Å². The number of rotatable bonds is 15. The van der Waals surface area contributed by atoms with E-state index >= 15 is 0 Å². The molecule has 3 N–H and O–H groups in total. The van der Waals surface area contributed by atoms with Crippen LogP contribution in [0.1, 0.15) is 194 Å². The molecule has 396 valence electrons. The summed E-state index contributed by atoms with van der Waals surface area (Å²) < 4.78 is 17.8. The van der Waals surface area contributed by atoms with Gasteiger partial charge in [-0.3, -0.25) is 14.4 Å². The Bertz CT molecular complexity index is 2410. The van der Waals surface area contributed by atoms with E-state index < -0.39 is 87.7 Å². The average Bonchev–Trinajstić information content (AvgIpc) is 3.22. The number of aromatic hydroxyl groups is 3. The number of esters is 3. The van der Waals surface area contributed by atoms with Crippen molar-refractivity contribution in [2.24, 2.45) is 0 Å². The molecule has 0 atom stereocenters. The lowest BCUT2D eigenvalue weighted by atomic mass is 9.78. The minimum atomic E-state index is -1.24. The third-order valence-electron chi connectivity index (χ3n) is 12.7. The smallest absolute Gasteiger partial charge is 0.341 e. The molecule has 0 aliphatic rings. The number of hydrogen-bond donors (Lipinski definition) is 3. The van der Waals surface area contributed by atoms with Gasteiger partial charge in [-0.05, 0) is 102 Å². The van der Waals surface area contributed by atoms with Crippen LogP contribution in [0.15, 0.2) is 50.8 Å². The van der Waals surface area contributed by atoms with Gasteiger partial charge in [0.2, 0.25) is 0 Å². The van der Waals surface area contributed by atoms with Crippen LogP contribution in [0.3, 0.4) is 0 Å². The van der Waals surface area contributed by atoms with Gasteiger partial charge in [0.25, 0.3) is 0 Å². The lowest BCUT2D eigenvalue weighted by Crippen LogP contribution is -2.55. The first-order chi connectivity index (χ1) is 32.7. The molecule has 1 heterocycles. The third-order valence-corrected chi connectivity index (χ3v) is 12.7. The molecule has 0 saturated carbocycles. The Labute approximate surface area is 425 Å². The van der Waals surface area contributed by atoms with E-state index in [1.807, 2.05) is 161 Å². The average molecular weight is 1000 g/mol. The second-order valence-corrected chi connectivity index (χ2v) is 25.2. The topological polar surface area (TPSA) is 206 Å². The van der Waals surface area contributed by atoms with Crippen molar-refractivity contribution in [2.45, 2.75) is 216 Å². The molecule has 0 aliphatic heterocycles. The summed E-state index contributed by atoms with van der Waals surface area (Å²) in [6.45, 7) is 32.8. The molecular weight excluding hydrogens is 919 g/mol. The van der Waals surface area contributed by atoms with Gasteiger partial charge in [-0.2, -0.15) is 0 Å². The van der Waals surface area contributed by atoms with Crippen LogP contribution < -0.4 is 17.1 Å². The molecule has 0 radical (unpaired) electrons. The fourth-order valence-corrected chi connectivity index (χ4v) is 8.33. The molecule has 1 aromatic heterocycles. The zero-order chi connectivity index (χ0) is 54.9. The summed E-state index contributed by atoms with van der Waals surface area (Å²) in [5.41, 5.74) is 0.377. The largest absolute Gasteiger partial charge is 0.507 e. The van der Waals surface area contributed by atoms with E-state index in [-0.39, 0.29) is 55.8 Å². The predicted molar refractivity (Wildman–Crippen MR) is 279 cm³/mol. The van der Waals surface area contributed by atoms with Crippen LogP contribution >= 0.6 is 0 Å². The number of phenols is 3. The Morgan fingerprint density at radius 1 is 0.361 bits per heavy atom. The van der Waals surface area contributed by atoms with E-state index in [0.29, 0.717) is 47.1 Å². The third kappa shape index (κ3) is 14.5. The summed E-state index contributed by atoms with van der Waals surface area (Å²) in [6, 6.07) is 11.0. The molecule has 15 nitrogen and oxygen atoms in total. The van der Waals surface area contributed by atoms with Gasteiger partial charge in [0, 0.05) is 19.3 Å². The van der Waals surface area contributed by atoms with Crippen molar-refractivity contribution in [2.75, 3.05) is 0 Å². The molecule has 0 unspecified atom stereocenters. The number of aryl methyl sites for hydroxylation is 3. The van der Waals surface area contributed by atoms with Crippen molar-refractivity contribution in [3.05, 3.63) is 118 Å². The maximum absolute atomic E-state index is 13.9. The Morgan fingerprint density at radius 3 is 0.681 bits per heavy atom. The van der Waals surface area contributed by atoms with E-state index in [4.69, 9.17) is 14.2 Å². The van der Waals surface area contributed by atoms with E-state index in [9.17, 15) is 44.1 Å². The quantitative estimate of drug-likeness (QED) is 0.0752. The van der Waals surface area contributed by atoms with Crippen LogP contribution in [0.4, 0.5) is 0 Å². The number of benzene rings is 3. The maximum Gasteiger partial charge on any atom is 0.341 e. The van der Waals surface area contributed by atoms with Crippen LogP contribution in [0.25, 0.3) is 0 Å². The van der Waals surface area contributed by atoms with E-state index in [1.165, 1.54) is 0 Å². The zero-order valence-corrected chi connectivity index (χ0v) is 46.2. The number of phenolic OH excluding ortho intramolecular Hbond substituents is 3. The molecule has 72 heavy (non-hydrogen) atoms. The molecule has 0 saturated heterocycles. The first-order valence-corrected chi connectivity index (χ1v) is 24.7. The highest BCUT2D eigenvalue weighted by molar-refractivity contribution is 5.70. The van der Waals surface area contributed by atoms with Crippen molar-refractivity contribution in [1.82, 2.24) is 13.7 Å². The van der Waals surface area contributed by atoms with Gasteiger partial charge in [-0.1, -0.05) is 161 Å². The second-order valence-electron chi connectivity index (χ2n) is 25.2. The number of carbonyl (C=O) groups is 3. The molecule has 15 heteroatoms. The lowest BCUT2D eigenvalue weighted by molar-refractivity contribution is -0.148. The summed E-state index contributed by atoms with van der Waals surface area (Å²) in [4.78, 5) is 81.6. The van der Waals surface area contributed by atoms with E-state index in [1.54, 1.807) is 0 Å². The van der Waals surface area contributed by atoms with Gasteiger partial charge >= 0.3 is 35.0 Å². The normalized spacial score (nSPS) is 12.8. The van der Waals surface area contributed by atoms with Crippen molar-refractivity contribution in [3.63, 3.8) is 0 Å². The Morgan fingerprint density at radius 2 is 0.528 bits per heavy atom. The minimum Gasteiger partial charge on any atom is -0.507 e. The highest BCUT2D eigenvalue weighted by Crippen LogP contribution is 2.43. The summed E-state index contributed by atoms with van der Waals surface area (Å²) in [5, 5.41) is 33.5. The predicted octanol–water partition coefficient (Wildman–Crippen LogP) is 9.47. The van der Waals surface area contributed by atoms with Crippen molar-refractivity contribution in [3.8, 4) is 17.2 Å². The molecule has 0 aliphatic carbocycles. The van der Waals surface area contributed by atoms with Crippen LogP contribution in [-0.2, 0) is 101 Å². The number of carbonyl (C=O) groups excluding carboxylic acids is 3. The van der Waals surface area contributed by atoms with E-state index in [0.717, 1.165) is 16.7 Å². The molecule has 0 bridgehead atoms. The second kappa shape index (κ2) is 21.5. The number of nitrogens with zero attached hydrogens (tertiary/aromatic N) is 3. The van der Waals surface area contributed by atoms with Gasteiger partial charge < -0.3 is 29.5 Å². The Balaban J connectivity index is 1.63. The molecular formula is C57H81N3O12. The van der Waals surface area contributed by atoms with Gasteiger partial charge in [0.05, 0.1) is 0 Å². The van der Waals surface area contributed by atoms with Crippen LogP contribution in [0, 0.1) is 0 Å². The first-order valence-electron chi connectivity index (χ1n) is 24.7. The summed E-state index contributed by atoms with van der Waals surface area (Å²) in [5.74, 6) is -1.76. The van der Waals surface area contributed by atoms with Crippen molar-refractivity contribution < 1.29 is 43.9 Å². The highest BCUT2D eigenvalue weighted by Gasteiger charge is 2.30. The van der Waals surface area contributed by atoms with Crippen LogP contribution in [0.2, 0.25) is 0 Å². The fourth-order valence-electron chi connectivity index (χ4n) is 8.33. The molecule has 0 fully saturated rings. The van der Waals surface area contributed by atoms with Crippen LogP contribution in [0.5, 0.6) is 17.2 Å². The van der Waals surface area contributed by atoms with Gasteiger partial charge in [0.15, 0.2) is 20.2 Å². The van der Waals surface area contributed by atoms with Gasteiger partial charge in [-0.25, -0.2) is 28.1 Å². The summed E-state index contributed by atoms with van der Waals surface area (Å²) >= 11 is 0. The Kier molecular flexibility index (Phi) is 17.5.